The number of nitrogens with one attached hydrogen (secondary N) is 1. The van der Waals surface area contributed by atoms with E-state index in [0.717, 1.165) is 71.2 Å². The predicted molar refractivity (Wildman–Crippen MR) is 102 cm³/mol. The molecule has 1 aliphatic carbocycles. The Morgan fingerprint density at radius 1 is 1.04 bits per heavy atom. The monoisotopic (exact) mass is 373 g/mol. The molecule has 1 N–H and O–H groups in total. The van der Waals surface area contributed by atoms with Crippen molar-refractivity contribution in [3.63, 3.8) is 0 Å². The number of hydrogen-bond acceptors (Lipinski definition) is 4. The highest BCUT2D eigenvalue weighted by molar-refractivity contribution is 5.81. The average Bonchev–Trinajstić information content (AvgIpc) is 3.44. The number of amides is 2. The normalized spacial score (nSPS) is 24.7. The highest BCUT2D eigenvalue weighted by Gasteiger charge is 2.37. The molecule has 7 heteroatoms. The van der Waals surface area contributed by atoms with E-state index in [2.05, 4.69) is 20.1 Å². The minimum Gasteiger partial charge on any atom is -0.354 e. The van der Waals surface area contributed by atoms with Crippen molar-refractivity contribution < 1.29 is 9.59 Å². The highest BCUT2D eigenvalue weighted by atomic mass is 16.2. The Morgan fingerprint density at radius 3 is 2.56 bits per heavy atom. The van der Waals surface area contributed by atoms with Crippen LogP contribution < -0.4 is 5.32 Å². The second kappa shape index (κ2) is 8.42. The van der Waals surface area contributed by atoms with Gasteiger partial charge in [-0.2, -0.15) is 0 Å². The first-order chi connectivity index (χ1) is 13.2. The number of piperidine rings is 2. The number of aromatic nitrogens is 2. The molecule has 7 nitrogen and oxygen atoms in total. The van der Waals surface area contributed by atoms with E-state index >= 15 is 0 Å². The zero-order chi connectivity index (χ0) is 18.6. The van der Waals surface area contributed by atoms with Gasteiger partial charge in [0.1, 0.15) is 0 Å². The molecule has 0 radical (unpaired) electrons. The lowest BCUT2D eigenvalue weighted by Crippen LogP contribution is -2.51. The van der Waals surface area contributed by atoms with Crippen LogP contribution in [0.25, 0.3) is 0 Å². The molecule has 0 spiro atoms. The lowest BCUT2D eigenvalue weighted by atomic mass is 9.93. The number of carbonyl (C=O) groups is 2. The zero-order valence-corrected chi connectivity index (χ0v) is 16.1. The molecule has 2 amide bonds. The molecule has 1 unspecified atom stereocenters. The van der Waals surface area contributed by atoms with Crippen molar-refractivity contribution in [2.45, 2.75) is 51.1 Å². The molecule has 2 aliphatic heterocycles. The summed E-state index contributed by atoms with van der Waals surface area (Å²) >= 11 is 0. The van der Waals surface area contributed by atoms with Gasteiger partial charge in [0.25, 0.3) is 0 Å². The van der Waals surface area contributed by atoms with Gasteiger partial charge in [-0.15, -0.1) is 0 Å². The summed E-state index contributed by atoms with van der Waals surface area (Å²) < 4.78 is 1.98. The van der Waals surface area contributed by atoms with Gasteiger partial charge in [-0.05, 0) is 45.1 Å². The number of rotatable bonds is 6. The Kier molecular flexibility index (Phi) is 5.76. The minimum atomic E-state index is 0.0904. The average molecular weight is 374 g/mol. The summed E-state index contributed by atoms with van der Waals surface area (Å²) in [5, 5.41) is 3.09. The van der Waals surface area contributed by atoms with Crippen LogP contribution in [0.4, 0.5) is 0 Å². The Hall–Kier alpha value is -1.89. The largest absolute Gasteiger partial charge is 0.354 e. The van der Waals surface area contributed by atoms with Crippen molar-refractivity contribution in [1.29, 1.82) is 0 Å². The molecule has 3 aliphatic rings. The maximum atomic E-state index is 12.6. The minimum absolute atomic E-state index is 0.0904. The van der Waals surface area contributed by atoms with Crippen LogP contribution in [0.1, 0.15) is 38.5 Å². The number of hydrogen-bond donors (Lipinski definition) is 1. The molecule has 1 atom stereocenters. The topological polar surface area (TPSA) is 70.5 Å². The van der Waals surface area contributed by atoms with Gasteiger partial charge in [0.2, 0.25) is 11.8 Å². The van der Waals surface area contributed by atoms with E-state index in [1.54, 1.807) is 12.5 Å². The van der Waals surface area contributed by atoms with E-state index in [1.165, 1.54) is 0 Å². The van der Waals surface area contributed by atoms with Gasteiger partial charge in [0.05, 0.1) is 12.2 Å². The van der Waals surface area contributed by atoms with Crippen LogP contribution >= 0.6 is 0 Å². The van der Waals surface area contributed by atoms with E-state index in [9.17, 15) is 9.59 Å². The fourth-order valence-corrected chi connectivity index (χ4v) is 4.46. The van der Waals surface area contributed by atoms with E-state index < -0.39 is 0 Å². The van der Waals surface area contributed by atoms with Crippen LogP contribution in [0.5, 0.6) is 0 Å². The first-order valence-electron chi connectivity index (χ1n) is 10.5. The molecule has 3 heterocycles. The Balaban J connectivity index is 1.20. The third kappa shape index (κ3) is 4.69. The second-order valence-corrected chi connectivity index (χ2v) is 8.26. The maximum Gasteiger partial charge on any atom is 0.225 e. The Bertz CT molecular complexity index is 635. The Labute approximate surface area is 161 Å². The fourth-order valence-electron chi connectivity index (χ4n) is 4.46. The molecule has 1 aromatic rings. The summed E-state index contributed by atoms with van der Waals surface area (Å²) in [7, 11) is 0. The maximum absolute atomic E-state index is 12.6. The predicted octanol–water partition coefficient (Wildman–Crippen LogP) is 1.11. The van der Waals surface area contributed by atoms with E-state index in [0.29, 0.717) is 24.4 Å². The van der Waals surface area contributed by atoms with Crippen LogP contribution in [0.3, 0.4) is 0 Å². The number of likely N-dealkylation sites (tertiary alicyclic amines) is 2. The van der Waals surface area contributed by atoms with Crippen molar-refractivity contribution in [2.24, 2.45) is 11.8 Å². The number of nitrogens with zero attached hydrogens (tertiary/aromatic N) is 4. The van der Waals surface area contributed by atoms with Crippen LogP contribution in [-0.4, -0.2) is 69.9 Å². The molecule has 0 aromatic carbocycles. The summed E-state index contributed by atoms with van der Waals surface area (Å²) in [6.07, 6.45) is 11.8. The van der Waals surface area contributed by atoms with Gasteiger partial charge in [-0.3, -0.25) is 14.5 Å². The van der Waals surface area contributed by atoms with E-state index in [4.69, 9.17) is 0 Å². The van der Waals surface area contributed by atoms with Crippen molar-refractivity contribution in [3.8, 4) is 0 Å². The standard InChI is InChI=1S/C20H31N5O2/c26-19(22-8-13-23-12-7-21-15-23)17-2-1-9-25(14-17)18-5-10-24(11-6-18)20(27)16-3-4-16/h7,12,15-18H,1-6,8-11,13-14H2,(H,22,26). The lowest BCUT2D eigenvalue weighted by Gasteiger charge is -2.42. The molecule has 1 saturated carbocycles. The van der Waals surface area contributed by atoms with Gasteiger partial charge in [-0.1, -0.05) is 0 Å². The van der Waals surface area contributed by atoms with Crippen molar-refractivity contribution in [3.05, 3.63) is 18.7 Å². The van der Waals surface area contributed by atoms with Crippen molar-refractivity contribution in [1.82, 2.24) is 24.7 Å². The van der Waals surface area contributed by atoms with Gasteiger partial charge in [0.15, 0.2) is 0 Å². The van der Waals surface area contributed by atoms with E-state index in [-0.39, 0.29) is 11.8 Å². The van der Waals surface area contributed by atoms with E-state index in [1.807, 2.05) is 10.8 Å². The molecule has 1 aromatic heterocycles. The number of carbonyl (C=O) groups excluding carboxylic acids is 2. The third-order valence-electron chi connectivity index (χ3n) is 6.27. The molecule has 3 fully saturated rings. The van der Waals surface area contributed by atoms with Crippen LogP contribution in [0.15, 0.2) is 18.7 Å². The molecular formula is C20H31N5O2. The van der Waals surface area contributed by atoms with Crippen LogP contribution in [-0.2, 0) is 16.1 Å². The van der Waals surface area contributed by atoms with Crippen LogP contribution in [0, 0.1) is 11.8 Å². The van der Waals surface area contributed by atoms with Crippen LogP contribution in [0.2, 0.25) is 0 Å². The lowest BCUT2D eigenvalue weighted by molar-refractivity contribution is -0.134. The molecule has 27 heavy (non-hydrogen) atoms. The zero-order valence-electron chi connectivity index (χ0n) is 16.1. The summed E-state index contributed by atoms with van der Waals surface area (Å²) in [4.78, 5) is 33.4. The number of imidazole rings is 1. The smallest absolute Gasteiger partial charge is 0.225 e. The SMILES string of the molecule is O=C(NCCn1ccnc1)C1CCCN(C2CCN(C(=O)C3CC3)CC2)C1. The Morgan fingerprint density at radius 2 is 1.85 bits per heavy atom. The third-order valence-corrected chi connectivity index (χ3v) is 6.27. The first kappa shape index (κ1) is 18.5. The molecule has 4 rings (SSSR count). The fraction of sp³-hybridized carbons (Fsp3) is 0.750. The van der Waals surface area contributed by atoms with Crippen molar-refractivity contribution >= 4 is 11.8 Å². The van der Waals surface area contributed by atoms with Gasteiger partial charge in [-0.25, -0.2) is 4.98 Å². The van der Waals surface area contributed by atoms with Crippen molar-refractivity contribution in [2.75, 3.05) is 32.7 Å². The van der Waals surface area contributed by atoms with Gasteiger partial charge in [0, 0.05) is 57.1 Å². The summed E-state index contributed by atoms with van der Waals surface area (Å²) in [5.41, 5.74) is 0. The van der Waals surface area contributed by atoms with Gasteiger partial charge >= 0.3 is 0 Å². The highest BCUT2D eigenvalue weighted by Crippen LogP contribution is 2.32. The summed E-state index contributed by atoms with van der Waals surface area (Å²) in [5.74, 6) is 0.975. The quantitative estimate of drug-likeness (QED) is 0.811. The second-order valence-electron chi connectivity index (χ2n) is 8.26. The first-order valence-corrected chi connectivity index (χ1v) is 10.5. The summed E-state index contributed by atoms with van der Waals surface area (Å²) in [6, 6.07) is 0.523. The van der Waals surface area contributed by atoms with Gasteiger partial charge < -0.3 is 14.8 Å². The molecular weight excluding hydrogens is 342 g/mol. The summed E-state index contributed by atoms with van der Waals surface area (Å²) in [6.45, 7) is 5.12. The molecule has 0 bridgehead atoms. The molecule has 2 saturated heterocycles. The molecule has 148 valence electrons.